The number of benzene rings is 1. The first-order valence-corrected chi connectivity index (χ1v) is 7.80. The van der Waals surface area contributed by atoms with Crippen molar-refractivity contribution in [3.8, 4) is 0 Å². The maximum Gasteiger partial charge on any atom is 0.374 e. The SMILES string of the molecule is O=C(O)c1nc(NCCSCCCO)c2ccccc2n1. The van der Waals surface area contributed by atoms with Crippen LogP contribution in [0.25, 0.3) is 10.9 Å². The molecule has 0 aliphatic heterocycles. The highest BCUT2D eigenvalue weighted by atomic mass is 32.2. The zero-order chi connectivity index (χ0) is 15.1. The molecule has 2 aromatic rings. The van der Waals surface area contributed by atoms with E-state index >= 15 is 0 Å². The Morgan fingerprint density at radius 3 is 2.81 bits per heavy atom. The molecule has 21 heavy (non-hydrogen) atoms. The van der Waals surface area contributed by atoms with E-state index in [2.05, 4.69) is 15.3 Å². The van der Waals surface area contributed by atoms with Gasteiger partial charge in [0.05, 0.1) is 5.52 Å². The third-order valence-corrected chi connectivity index (χ3v) is 3.85. The number of carboxylic acid groups (broad SMARTS) is 1. The summed E-state index contributed by atoms with van der Waals surface area (Å²) in [5.41, 5.74) is 0.611. The molecule has 1 aromatic carbocycles. The van der Waals surface area contributed by atoms with Crippen LogP contribution in [0.1, 0.15) is 17.0 Å². The lowest BCUT2D eigenvalue weighted by Crippen LogP contribution is -2.11. The van der Waals surface area contributed by atoms with Crippen LogP contribution in [0.2, 0.25) is 0 Å². The fraction of sp³-hybridized carbons (Fsp3) is 0.357. The first kappa shape index (κ1) is 15.5. The van der Waals surface area contributed by atoms with E-state index in [0.29, 0.717) is 17.9 Å². The number of carboxylic acids is 1. The summed E-state index contributed by atoms with van der Waals surface area (Å²) < 4.78 is 0. The molecule has 0 aliphatic carbocycles. The summed E-state index contributed by atoms with van der Waals surface area (Å²) in [5.74, 6) is 0.968. The van der Waals surface area contributed by atoms with Gasteiger partial charge in [-0.3, -0.25) is 0 Å². The van der Waals surface area contributed by atoms with Crippen molar-refractivity contribution in [2.24, 2.45) is 0 Å². The molecule has 1 aromatic heterocycles. The zero-order valence-corrected chi connectivity index (χ0v) is 12.3. The standard InChI is InChI=1S/C14H17N3O3S/c18-7-3-8-21-9-6-15-12-10-4-1-2-5-11(10)16-13(17-12)14(19)20/h1-2,4-5,18H,3,6-9H2,(H,19,20)(H,15,16,17). The number of aromatic nitrogens is 2. The van der Waals surface area contributed by atoms with Gasteiger partial charge in [0, 0.05) is 24.3 Å². The van der Waals surface area contributed by atoms with Crippen LogP contribution in [0, 0.1) is 0 Å². The van der Waals surface area contributed by atoms with Crippen LogP contribution in [0.15, 0.2) is 24.3 Å². The highest BCUT2D eigenvalue weighted by molar-refractivity contribution is 7.99. The maximum atomic E-state index is 11.1. The monoisotopic (exact) mass is 307 g/mol. The van der Waals surface area contributed by atoms with Crippen LogP contribution in [0.4, 0.5) is 5.82 Å². The lowest BCUT2D eigenvalue weighted by Gasteiger charge is -2.09. The van der Waals surface area contributed by atoms with Crippen molar-refractivity contribution in [3.05, 3.63) is 30.1 Å². The van der Waals surface area contributed by atoms with Crippen LogP contribution in [0.5, 0.6) is 0 Å². The number of carbonyl (C=O) groups is 1. The molecule has 1 heterocycles. The number of para-hydroxylation sites is 1. The Hall–Kier alpha value is -1.86. The molecule has 7 heteroatoms. The molecular weight excluding hydrogens is 290 g/mol. The van der Waals surface area contributed by atoms with Crippen LogP contribution in [-0.4, -0.2) is 50.8 Å². The number of nitrogens with zero attached hydrogens (tertiary/aromatic N) is 2. The van der Waals surface area contributed by atoms with Gasteiger partial charge in [0.25, 0.3) is 0 Å². The van der Waals surface area contributed by atoms with Gasteiger partial charge < -0.3 is 15.5 Å². The topological polar surface area (TPSA) is 95.3 Å². The first-order chi connectivity index (χ1) is 10.2. The number of rotatable bonds is 8. The fourth-order valence-corrected chi connectivity index (χ4v) is 2.60. The Balaban J connectivity index is 2.08. The molecular formula is C14H17N3O3S. The first-order valence-electron chi connectivity index (χ1n) is 6.65. The number of hydrogen-bond acceptors (Lipinski definition) is 6. The molecule has 0 amide bonds. The van der Waals surface area contributed by atoms with Crippen molar-refractivity contribution in [1.29, 1.82) is 0 Å². The molecule has 0 unspecified atom stereocenters. The third kappa shape index (κ3) is 4.30. The van der Waals surface area contributed by atoms with E-state index in [1.807, 2.05) is 18.2 Å². The third-order valence-electron chi connectivity index (χ3n) is 2.78. The lowest BCUT2D eigenvalue weighted by molar-refractivity contribution is 0.0684. The van der Waals surface area contributed by atoms with E-state index in [4.69, 9.17) is 10.2 Å². The Kier molecular flexibility index (Phi) is 5.77. The van der Waals surface area contributed by atoms with Gasteiger partial charge in [0.15, 0.2) is 0 Å². The summed E-state index contributed by atoms with van der Waals surface area (Å²) in [6.07, 6.45) is 0.782. The molecule has 0 saturated heterocycles. The summed E-state index contributed by atoms with van der Waals surface area (Å²) in [7, 11) is 0. The number of aliphatic hydroxyl groups is 1. The van der Waals surface area contributed by atoms with Crippen molar-refractivity contribution in [3.63, 3.8) is 0 Å². The Labute approximate surface area is 126 Å². The van der Waals surface area contributed by atoms with Gasteiger partial charge in [-0.1, -0.05) is 12.1 Å². The number of nitrogens with one attached hydrogen (secondary N) is 1. The van der Waals surface area contributed by atoms with Gasteiger partial charge in [-0.15, -0.1) is 0 Å². The van der Waals surface area contributed by atoms with Crippen LogP contribution in [-0.2, 0) is 0 Å². The normalized spacial score (nSPS) is 10.7. The number of fused-ring (bicyclic) bond motifs is 1. The Morgan fingerprint density at radius 1 is 1.24 bits per heavy atom. The van der Waals surface area contributed by atoms with Crippen molar-refractivity contribution in [2.45, 2.75) is 6.42 Å². The minimum Gasteiger partial charge on any atom is -0.475 e. The van der Waals surface area contributed by atoms with Crippen molar-refractivity contribution < 1.29 is 15.0 Å². The van der Waals surface area contributed by atoms with Crippen molar-refractivity contribution in [2.75, 3.05) is 30.0 Å². The van der Waals surface area contributed by atoms with Gasteiger partial charge in [-0.25, -0.2) is 14.8 Å². The average molecular weight is 307 g/mol. The maximum absolute atomic E-state index is 11.1. The summed E-state index contributed by atoms with van der Waals surface area (Å²) >= 11 is 1.73. The summed E-state index contributed by atoms with van der Waals surface area (Å²) in [6, 6.07) is 7.32. The van der Waals surface area contributed by atoms with Crippen molar-refractivity contribution in [1.82, 2.24) is 9.97 Å². The molecule has 2 rings (SSSR count). The van der Waals surface area contributed by atoms with Gasteiger partial charge in [0.1, 0.15) is 5.82 Å². The molecule has 3 N–H and O–H groups in total. The second-order valence-electron chi connectivity index (χ2n) is 4.33. The Morgan fingerprint density at radius 2 is 2.05 bits per heavy atom. The predicted octanol–water partition coefficient (Wildman–Crippen LogP) is 1.86. The summed E-state index contributed by atoms with van der Waals surface area (Å²) in [5, 5.41) is 21.7. The van der Waals surface area contributed by atoms with E-state index in [9.17, 15) is 4.79 Å². The molecule has 0 bridgehead atoms. The molecule has 0 spiro atoms. The van der Waals surface area contributed by atoms with E-state index in [0.717, 1.165) is 23.3 Å². The second-order valence-corrected chi connectivity index (χ2v) is 5.56. The van der Waals surface area contributed by atoms with Crippen molar-refractivity contribution >= 4 is 34.5 Å². The van der Waals surface area contributed by atoms with Crippen LogP contribution >= 0.6 is 11.8 Å². The fourth-order valence-electron chi connectivity index (χ4n) is 1.82. The Bertz CT molecular complexity index is 621. The summed E-state index contributed by atoms with van der Waals surface area (Å²) in [4.78, 5) is 19.1. The molecule has 6 nitrogen and oxygen atoms in total. The average Bonchev–Trinajstić information content (AvgIpc) is 2.50. The molecule has 0 atom stereocenters. The van der Waals surface area contributed by atoms with E-state index in [1.165, 1.54) is 0 Å². The van der Waals surface area contributed by atoms with Crippen LogP contribution in [0.3, 0.4) is 0 Å². The van der Waals surface area contributed by atoms with Gasteiger partial charge in [0.2, 0.25) is 5.82 Å². The molecule has 0 aliphatic rings. The van der Waals surface area contributed by atoms with Gasteiger partial charge in [-0.2, -0.15) is 11.8 Å². The van der Waals surface area contributed by atoms with E-state index in [-0.39, 0.29) is 12.4 Å². The molecule has 0 radical (unpaired) electrons. The number of aliphatic hydroxyl groups excluding tert-OH is 1. The highest BCUT2D eigenvalue weighted by Gasteiger charge is 2.12. The molecule has 0 fully saturated rings. The molecule has 112 valence electrons. The molecule has 0 saturated carbocycles. The minimum absolute atomic E-state index is 0.205. The van der Waals surface area contributed by atoms with Gasteiger partial charge in [-0.05, 0) is 24.3 Å². The van der Waals surface area contributed by atoms with Gasteiger partial charge >= 0.3 is 5.97 Å². The predicted molar refractivity (Wildman–Crippen MR) is 84.0 cm³/mol. The number of anilines is 1. The van der Waals surface area contributed by atoms with E-state index < -0.39 is 5.97 Å². The summed E-state index contributed by atoms with van der Waals surface area (Å²) in [6.45, 7) is 0.884. The zero-order valence-electron chi connectivity index (χ0n) is 11.5. The number of aromatic carboxylic acids is 1. The van der Waals surface area contributed by atoms with E-state index in [1.54, 1.807) is 17.8 Å². The van der Waals surface area contributed by atoms with Crippen LogP contribution < -0.4 is 5.32 Å². The highest BCUT2D eigenvalue weighted by Crippen LogP contribution is 2.20. The number of thioether (sulfide) groups is 1. The second kappa shape index (κ2) is 7.80. The largest absolute Gasteiger partial charge is 0.475 e. The lowest BCUT2D eigenvalue weighted by atomic mass is 10.2. The quantitative estimate of drug-likeness (QED) is 0.641. The smallest absolute Gasteiger partial charge is 0.374 e. The minimum atomic E-state index is -1.14. The number of hydrogen-bond donors (Lipinski definition) is 3.